The van der Waals surface area contributed by atoms with Gasteiger partial charge in [0.1, 0.15) is 6.61 Å². The van der Waals surface area contributed by atoms with Crippen molar-refractivity contribution in [1.29, 1.82) is 0 Å². The average molecular weight is 229 g/mol. The van der Waals surface area contributed by atoms with Crippen molar-refractivity contribution in [3.63, 3.8) is 0 Å². The first-order valence-corrected chi connectivity index (χ1v) is 6.59. The lowest BCUT2D eigenvalue weighted by Crippen LogP contribution is -2.35. The van der Waals surface area contributed by atoms with Crippen molar-refractivity contribution in [3.8, 4) is 0 Å². The summed E-state index contributed by atoms with van der Waals surface area (Å²) in [6, 6.07) is 0.304. The lowest BCUT2D eigenvalue weighted by Gasteiger charge is -2.18. The van der Waals surface area contributed by atoms with Gasteiger partial charge in [-0.2, -0.15) is 0 Å². The minimum atomic E-state index is -0.0400. The highest BCUT2D eigenvalue weighted by atomic mass is 16.5. The van der Waals surface area contributed by atoms with E-state index in [0.717, 1.165) is 32.2 Å². The second-order valence-corrected chi connectivity index (χ2v) is 4.20. The molecule has 3 nitrogen and oxygen atoms in total. The number of hydrogen-bond acceptors (Lipinski definition) is 3. The van der Waals surface area contributed by atoms with E-state index in [0.29, 0.717) is 12.6 Å². The second-order valence-electron chi connectivity index (χ2n) is 4.20. The van der Waals surface area contributed by atoms with Gasteiger partial charge in [-0.25, -0.2) is 0 Å². The van der Waals surface area contributed by atoms with Crippen LogP contribution in [0.3, 0.4) is 0 Å². The highest BCUT2D eigenvalue weighted by molar-refractivity contribution is 5.72. The molecule has 0 radical (unpaired) electrons. The van der Waals surface area contributed by atoms with Crippen molar-refractivity contribution in [1.82, 2.24) is 5.32 Å². The Kier molecular flexibility index (Phi) is 9.30. The minimum Gasteiger partial charge on any atom is -0.464 e. The molecular weight excluding hydrogens is 202 g/mol. The third-order valence-electron chi connectivity index (χ3n) is 2.92. The minimum absolute atomic E-state index is 0.0400. The topological polar surface area (TPSA) is 38.3 Å². The van der Waals surface area contributed by atoms with E-state index in [1.165, 1.54) is 0 Å². The van der Waals surface area contributed by atoms with Gasteiger partial charge in [0.05, 0.1) is 5.92 Å². The maximum absolute atomic E-state index is 11.6. The molecule has 1 atom stereocenters. The maximum Gasteiger partial charge on any atom is 0.308 e. The summed E-state index contributed by atoms with van der Waals surface area (Å²) in [7, 11) is 0. The van der Waals surface area contributed by atoms with E-state index in [9.17, 15) is 4.79 Å². The van der Waals surface area contributed by atoms with Gasteiger partial charge in [0.25, 0.3) is 0 Å². The number of ether oxygens (including phenoxy) is 1. The molecule has 16 heavy (non-hydrogen) atoms. The molecule has 0 saturated carbocycles. The molecule has 0 rings (SSSR count). The molecule has 3 heteroatoms. The molecule has 0 aromatic rings. The van der Waals surface area contributed by atoms with Gasteiger partial charge in [-0.1, -0.05) is 27.7 Å². The quantitative estimate of drug-likeness (QED) is 0.618. The molecule has 0 amide bonds. The molecular formula is C13H27NO2. The zero-order valence-corrected chi connectivity index (χ0v) is 11.2. The summed E-state index contributed by atoms with van der Waals surface area (Å²) in [5, 5.41) is 3.37. The predicted octanol–water partition coefficient (Wildman–Crippen LogP) is 2.74. The zero-order chi connectivity index (χ0) is 12.4. The lowest BCUT2D eigenvalue weighted by molar-refractivity contribution is -0.149. The Hall–Kier alpha value is -0.570. The molecule has 0 aromatic heterocycles. The van der Waals surface area contributed by atoms with E-state index in [4.69, 9.17) is 4.74 Å². The van der Waals surface area contributed by atoms with Crippen molar-refractivity contribution >= 4 is 5.97 Å². The van der Waals surface area contributed by atoms with Gasteiger partial charge in [0, 0.05) is 6.04 Å². The van der Waals surface area contributed by atoms with Gasteiger partial charge in [-0.15, -0.1) is 0 Å². The normalized spacial score (nSPS) is 12.8. The summed E-state index contributed by atoms with van der Waals surface area (Å²) in [5.41, 5.74) is 0. The first kappa shape index (κ1) is 15.4. The fourth-order valence-electron chi connectivity index (χ4n) is 1.59. The lowest BCUT2D eigenvalue weighted by atomic mass is 10.0. The standard InChI is InChI=1S/C13H27NO2/c1-5-9-14-12(8-4)10-16-13(15)11(6-2)7-3/h11-12,14H,5-10H2,1-4H3. The predicted molar refractivity (Wildman–Crippen MR) is 67.4 cm³/mol. The van der Waals surface area contributed by atoms with E-state index >= 15 is 0 Å². The molecule has 0 aliphatic heterocycles. The molecule has 1 unspecified atom stereocenters. The monoisotopic (exact) mass is 229 g/mol. The van der Waals surface area contributed by atoms with Crippen LogP contribution < -0.4 is 5.32 Å². The van der Waals surface area contributed by atoms with Gasteiger partial charge < -0.3 is 10.1 Å². The third kappa shape index (κ3) is 6.11. The number of hydrogen-bond donors (Lipinski definition) is 1. The molecule has 0 aliphatic rings. The van der Waals surface area contributed by atoms with Crippen LogP contribution in [0.1, 0.15) is 53.4 Å². The van der Waals surface area contributed by atoms with E-state index in [-0.39, 0.29) is 11.9 Å². The maximum atomic E-state index is 11.6. The van der Waals surface area contributed by atoms with Gasteiger partial charge in [-0.05, 0) is 32.2 Å². The summed E-state index contributed by atoms with van der Waals surface area (Å²) in [6.07, 6.45) is 3.84. The summed E-state index contributed by atoms with van der Waals surface area (Å²) >= 11 is 0. The molecule has 0 heterocycles. The van der Waals surface area contributed by atoms with Gasteiger partial charge >= 0.3 is 5.97 Å². The van der Waals surface area contributed by atoms with Crippen molar-refractivity contribution in [3.05, 3.63) is 0 Å². The second kappa shape index (κ2) is 9.64. The summed E-state index contributed by atoms with van der Waals surface area (Å²) in [6.45, 7) is 9.80. The van der Waals surface area contributed by atoms with Crippen LogP contribution >= 0.6 is 0 Å². The van der Waals surface area contributed by atoms with Gasteiger partial charge in [-0.3, -0.25) is 4.79 Å². The SMILES string of the molecule is CCCNC(CC)COC(=O)C(CC)CC. The first-order valence-electron chi connectivity index (χ1n) is 6.59. The Morgan fingerprint density at radius 1 is 1.12 bits per heavy atom. The van der Waals surface area contributed by atoms with Crippen LogP contribution in [-0.2, 0) is 9.53 Å². The summed E-state index contributed by atoms with van der Waals surface area (Å²) in [5.74, 6) is 0.0328. The zero-order valence-electron chi connectivity index (χ0n) is 11.2. The van der Waals surface area contributed by atoms with Crippen LogP contribution in [0.4, 0.5) is 0 Å². The summed E-state index contributed by atoms with van der Waals surface area (Å²) < 4.78 is 5.33. The highest BCUT2D eigenvalue weighted by Gasteiger charge is 2.17. The van der Waals surface area contributed by atoms with Crippen LogP contribution in [0.25, 0.3) is 0 Å². The van der Waals surface area contributed by atoms with Crippen LogP contribution in [0, 0.1) is 5.92 Å². The molecule has 0 spiro atoms. The Morgan fingerprint density at radius 2 is 1.75 bits per heavy atom. The Labute approximate surface area is 99.9 Å². The number of rotatable bonds is 9. The van der Waals surface area contributed by atoms with Crippen LogP contribution in [-0.4, -0.2) is 25.2 Å². The summed E-state index contributed by atoms with van der Waals surface area (Å²) in [4.78, 5) is 11.6. The fourth-order valence-corrected chi connectivity index (χ4v) is 1.59. The molecule has 96 valence electrons. The largest absolute Gasteiger partial charge is 0.464 e. The van der Waals surface area contributed by atoms with Crippen molar-refractivity contribution < 1.29 is 9.53 Å². The highest BCUT2D eigenvalue weighted by Crippen LogP contribution is 2.10. The van der Waals surface area contributed by atoms with Gasteiger partial charge in [0.15, 0.2) is 0 Å². The van der Waals surface area contributed by atoms with Crippen molar-refractivity contribution in [2.75, 3.05) is 13.2 Å². The number of carbonyl (C=O) groups excluding carboxylic acids is 1. The van der Waals surface area contributed by atoms with E-state index in [1.54, 1.807) is 0 Å². The smallest absolute Gasteiger partial charge is 0.308 e. The Balaban J connectivity index is 3.86. The Bertz CT molecular complexity index is 179. The molecule has 1 N–H and O–H groups in total. The van der Waals surface area contributed by atoms with E-state index < -0.39 is 0 Å². The molecule has 0 bridgehead atoms. The first-order chi connectivity index (χ1) is 7.69. The Morgan fingerprint density at radius 3 is 2.19 bits per heavy atom. The number of nitrogens with one attached hydrogen (secondary N) is 1. The molecule has 0 saturated heterocycles. The fraction of sp³-hybridized carbons (Fsp3) is 0.923. The third-order valence-corrected chi connectivity index (χ3v) is 2.92. The van der Waals surface area contributed by atoms with Crippen LogP contribution in [0.5, 0.6) is 0 Å². The number of esters is 1. The van der Waals surface area contributed by atoms with E-state index in [1.807, 2.05) is 13.8 Å². The van der Waals surface area contributed by atoms with Crippen molar-refractivity contribution in [2.24, 2.45) is 5.92 Å². The molecule has 0 aliphatic carbocycles. The van der Waals surface area contributed by atoms with Crippen LogP contribution in [0.2, 0.25) is 0 Å². The number of carbonyl (C=O) groups is 1. The van der Waals surface area contributed by atoms with Crippen molar-refractivity contribution in [2.45, 2.75) is 59.4 Å². The average Bonchev–Trinajstić information content (AvgIpc) is 2.31. The molecule has 0 aromatic carbocycles. The molecule has 0 fully saturated rings. The van der Waals surface area contributed by atoms with Crippen LogP contribution in [0.15, 0.2) is 0 Å². The van der Waals surface area contributed by atoms with E-state index in [2.05, 4.69) is 19.2 Å². The van der Waals surface area contributed by atoms with Gasteiger partial charge in [0.2, 0.25) is 0 Å².